The molecule has 3 aromatic rings. The Hall–Kier alpha value is -2.57. The molecular weight excluding hydrogens is 402 g/mol. The van der Waals surface area contributed by atoms with Gasteiger partial charge >= 0.3 is 5.97 Å². The molecule has 1 amide bonds. The largest absolute Gasteiger partial charge is 0.462 e. The zero-order valence-corrected chi connectivity index (χ0v) is 17.9. The zero-order chi connectivity index (χ0) is 20.5. The lowest BCUT2D eigenvalue weighted by Gasteiger charge is -2.06. The Morgan fingerprint density at radius 3 is 2.41 bits per heavy atom. The van der Waals surface area contributed by atoms with Crippen LogP contribution in [0, 0.1) is 0 Å². The van der Waals surface area contributed by atoms with Gasteiger partial charge in [-0.3, -0.25) is 4.79 Å². The smallest absolute Gasteiger partial charge is 0.350 e. The summed E-state index contributed by atoms with van der Waals surface area (Å²) in [6, 6.07) is 21.8. The van der Waals surface area contributed by atoms with E-state index in [4.69, 9.17) is 4.74 Å². The van der Waals surface area contributed by atoms with Gasteiger partial charge in [0.1, 0.15) is 4.88 Å². The second-order valence-electron chi connectivity index (χ2n) is 6.25. The molecule has 1 aromatic heterocycles. The fourth-order valence-electron chi connectivity index (χ4n) is 2.73. The van der Waals surface area contributed by atoms with E-state index in [0.29, 0.717) is 23.6 Å². The first kappa shape index (κ1) is 21.1. The van der Waals surface area contributed by atoms with Crippen LogP contribution in [-0.4, -0.2) is 24.2 Å². The van der Waals surface area contributed by atoms with Crippen LogP contribution in [0.15, 0.2) is 71.6 Å². The van der Waals surface area contributed by atoms with E-state index in [9.17, 15) is 9.59 Å². The van der Waals surface area contributed by atoms with Gasteiger partial charge in [0, 0.05) is 16.2 Å². The summed E-state index contributed by atoms with van der Waals surface area (Å²) in [6.45, 7) is 2.06. The van der Waals surface area contributed by atoms with E-state index in [1.165, 1.54) is 16.2 Å². The van der Waals surface area contributed by atoms with E-state index < -0.39 is 5.97 Å². The van der Waals surface area contributed by atoms with Gasteiger partial charge in [-0.1, -0.05) is 48.5 Å². The highest BCUT2D eigenvalue weighted by Gasteiger charge is 2.19. The molecule has 0 atom stereocenters. The van der Waals surface area contributed by atoms with Gasteiger partial charge in [0.25, 0.3) is 0 Å². The minimum absolute atomic E-state index is 0.0957. The number of amides is 1. The molecular formula is C23H23NO3S2. The zero-order valence-electron chi connectivity index (χ0n) is 16.2. The molecule has 0 saturated heterocycles. The monoisotopic (exact) mass is 425 g/mol. The minimum atomic E-state index is -0.408. The quantitative estimate of drug-likeness (QED) is 0.256. The summed E-state index contributed by atoms with van der Waals surface area (Å²) in [6.07, 6.45) is 1.16. The maximum absolute atomic E-state index is 12.4. The van der Waals surface area contributed by atoms with Gasteiger partial charge in [0.15, 0.2) is 0 Å². The summed E-state index contributed by atoms with van der Waals surface area (Å²) in [4.78, 5) is 27.3. The molecule has 3 rings (SSSR count). The van der Waals surface area contributed by atoms with Gasteiger partial charge in [-0.2, -0.15) is 0 Å². The summed E-state index contributed by atoms with van der Waals surface area (Å²) in [5.41, 5.74) is 1.52. The number of hydrogen-bond acceptors (Lipinski definition) is 5. The first-order valence-corrected chi connectivity index (χ1v) is 11.3. The molecule has 0 unspecified atom stereocenters. The van der Waals surface area contributed by atoms with E-state index in [1.807, 2.05) is 54.6 Å². The van der Waals surface area contributed by atoms with Crippen molar-refractivity contribution in [3.05, 3.63) is 71.6 Å². The van der Waals surface area contributed by atoms with Crippen molar-refractivity contribution in [2.45, 2.75) is 24.7 Å². The molecule has 150 valence electrons. The average molecular weight is 426 g/mol. The van der Waals surface area contributed by atoms with Crippen LogP contribution in [-0.2, 0) is 9.53 Å². The van der Waals surface area contributed by atoms with Crippen molar-refractivity contribution in [1.82, 2.24) is 0 Å². The maximum Gasteiger partial charge on any atom is 0.350 e. The number of anilines is 1. The maximum atomic E-state index is 12.4. The Labute approximate surface area is 179 Å². The summed E-state index contributed by atoms with van der Waals surface area (Å²) < 4.78 is 5.16. The van der Waals surface area contributed by atoms with Crippen molar-refractivity contribution in [1.29, 1.82) is 0 Å². The first-order valence-electron chi connectivity index (χ1n) is 9.51. The van der Waals surface area contributed by atoms with Crippen molar-refractivity contribution < 1.29 is 14.3 Å². The minimum Gasteiger partial charge on any atom is -0.462 e. The number of ether oxygens (including phenoxy) is 1. The topological polar surface area (TPSA) is 55.4 Å². The molecule has 0 aliphatic carbocycles. The van der Waals surface area contributed by atoms with Crippen LogP contribution in [0.1, 0.15) is 29.4 Å². The number of carbonyl (C=O) groups is 2. The number of thioether (sulfide) groups is 1. The summed E-state index contributed by atoms with van der Waals surface area (Å²) in [7, 11) is 0. The highest BCUT2D eigenvalue weighted by molar-refractivity contribution is 7.99. The number of carbonyl (C=O) groups excluding carboxylic acids is 2. The number of esters is 1. The van der Waals surface area contributed by atoms with Crippen molar-refractivity contribution in [2.24, 2.45) is 0 Å². The Kier molecular flexibility index (Phi) is 7.90. The van der Waals surface area contributed by atoms with Crippen molar-refractivity contribution in [3.8, 4) is 10.4 Å². The number of hydrogen-bond donors (Lipinski definition) is 1. The van der Waals surface area contributed by atoms with Crippen LogP contribution in [0.4, 0.5) is 5.69 Å². The van der Waals surface area contributed by atoms with Crippen LogP contribution in [0.2, 0.25) is 0 Å². The fourth-order valence-corrected chi connectivity index (χ4v) is 4.62. The fraction of sp³-hybridized carbons (Fsp3) is 0.217. The predicted octanol–water partition coefficient (Wildman–Crippen LogP) is 6.10. The molecule has 0 fully saturated rings. The molecule has 0 radical (unpaired) electrons. The summed E-state index contributed by atoms with van der Waals surface area (Å²) >= 11 is 3.07. The molecule has 1 heterocycles. The molecule has 2 aromatic carbocycles. The Morgan fingerprint density at radius 2 is 1.72 bits per heavy atom. The number of thiophene rings is 1. The highest BCUT2D eigenvalue weighted by atomic mass is 32.2. The van der Waals surface area contributed by atoms with Crippen LogP contribution >= 0.6 is 23.1 Å². The summed E-state index contributed by atoms with van der Waals surface area (Å²) in [5.74, 6) is 0.359. The van der Waals surface area contributed by atoms with Crippen molar-refractivity contribution in [2.75, 3.05) is 17.7 Å². The van der Waals surface area contributed by atoms with E-state index in [2.05, 4.69) is 17.4 Å². The van der Waals surface area contributed by atoms with Crippen LogP contribution in [0.5, 0.6) is 0 Å². The van der Waals surface area contributed by atoms with Crippen LogP contribution in [0.3, 0.4) is 0 Å². The third kappa shape index (κ3) is 6.21. The third-order valence-corrected chi connectivity index (χ3v) is 6.35. The second kappa shape index (κ2) is 10.8. The van der Waals surface area contributed by atoms with E-state index in [-0.39, 0.29) is 5.91 Å². The van der Waals surface area contributed by atoms with Gasteiger partial charge in [0.05, 0.1) is 12.3 Å². The SMILES string of the molecule is CCOC(=O)c1sc(-c2ccccc2)cc1NC(=O)CCCSc1ccccc1. The van der Waals surface area contributed by atoms with Crippen molar-refractivity contribution in [3.63, 3.8) is 0 Å². The van der Waals surface area contributed by atoms with Gasteiger partial charge in [-0.05, 0) is 42.9 Å². The molecule has 29 heavy (non-hydrogen) atoms. The molecule has 1 N–H and O–H groups in total. The normalized spacial score (nSPS) is 10.5. The average Bonchev–Trinajstić information content (AvgIpc) is 3.17. The van der Waals surface area contributed by atoms with E-state index in [1.54, 1.807) is 18.7 Å². The lowest BCUT2D eigenvalue weighted by molar-refractivity contribution is -0.116. The molecule has 6 heteroatoms. The van der Waals surface area contributed by atoms with Gasteiger partial charge in [-0.15, -0.1) is 23.1 Å². The highest BCUT2D eigenvalue weighted by Crippen LogP contribution is 2.35. The Morgan fingerprint density at radius 1 is 1.03 bits per heavy atom. The Balaban J connectivity index is 1.62. The van der Waals surface area contributed by atoms with Gasteiger partial charge in [0.2, 0.25) is 5.91 Å². The number of nitrogens with one attached hydrogen (secondary N) is 1. The van der Waals surface area contributed by atoms with Crippen LogP contribution in [0.25, 0.3) is 10.4 Å². The summed E-state index contributed by atoms with van der Waals surface area (Å²) in [5, 5.41) is 2.90. The van der Waals surface area contributed by atoms with Gasteiger partial charge in [-0.25, -0.2) is 4.79 Å². The van der Waals surface area contributed by atoms with E-state index in [0.717, 1.165) is 22.6 Å². The molecule has 0 bridgehead atoms. The van der Waals surface area contributed by atoms with Crippen molar-refractivity contribution >= 4 is 40.7 Å². The lowest BCUT2D eigenvalue weighted by Crippen LogP contribution is -2.14. The second-order valence-corrected chi connectivity index (χ2v) is 8.47. The lowest BCUT2D eigenvalue weighted by atomic mass is 10.2. The molecule has 0 aliphatic heterocycles. The molecule has 4 nitrogen and oxygen atoms in total. The molecule has 0 saturated carbocycles. The van der Waals surface area contributed by atoms with Crippen LogP contribution < -0.4 is 5.32 Å². The first-order chi connectivity index (χ1) is 14.2. The predicted molar refractivity (Wildman–Crippen MR) is 121 cm³/mol. The third-order valence-electron chi connectivity index (χ3n) is 4.09. The Bertz CT molecular complexity index is 939. The van der Waals surface area contributed by atoms with E-state index >= 15 is 0 Å². The van der Waals surface area contributed by atoms with Gasteiger partial charge < -0.3 is 10.1 Å². The number of rotatable bonds is 9. The molecule has 0 spiro atoms. The number of benzene rings is 2. The molecule has 0 aliphatic rings. The standard InChI is InChI=1S/C23H23NO3S2/c1-2-27-23(26)22-19(16-20(29-22)17-10-5-3-6-11-17)24-21(25)14-9-15-28-18-12-7-4-8-13-18/h3-8,10-13,16H,2,9,14-15H2,1H3,(H,24,25).